The van der Waals surface area contributed by atoms with Crippen LogP contribution in [0.1, 0.15) is 38.4 Å². The highest BCUT2D eigenvalue weighted by Gasteiger charge is 2.22. The number of nitrogens with one attached hydrogen (secondary N) is 1. The molecular formula is C25H29N5O2S. The zero-order valence-corrected chi connectivity index (χ0v) is 19.9. The number of rotatable bonds is 7. The third kappa shape index (κ3) is 6.24. The van der Waals surface area contributed by atoms with Gasteiger partial charge in [-0.2, -0.15) is 0 Å². The van der Waals surface area contributed by atoms with Crippen molar-refractivity contribution in [2.24, 2.45) is 0 Å². The summed E-state index contributed by atoms with van der Waals surface area (Å²) in [4.78, 5) is 29.3. The highest BCUT2D eigenvalue weighted by atomic mass is 32.1. The Labute approximate surface area is 198 Å². The molecule has 2 heterocycles. The van der Waals surface area contributed by atoms with Crippen LogP contribution >= 0.6 is 11.3 Å². The van der Waals surface area contributed by atoms with Crippen molar-refractivity contribution in [3.8, 4) is 0 Å². The van der Waals surface area contributed by atoms with Crippen LogP contribution in [-0.4, -0.2) is 58.0 Å². The molecule has 0 saturated carbocycles. The van der Waals surface area contributed by atoms with Gasteiger partial charge in [-0.15, -0.1) is 10.2 Å². The van der Waals surface area contributed by atoms with E-state index in [4.69, 9.17) is 0 Å². The summed E-state index contributed by atoms with van der Waals surface area (Å²) >= 11 is 1.32. The van der Waals surface area contributed by atoms with Gasteiger partial charge in [-0.05, 0) is 36.6 Å². The summed E-state index contributed by atoms with van der Waals surface area (Å²) in [5, 5.41) is 12.3. The second-order valence-electron chi connectivity index (χ2n) is 8.32. The lowest BCUT2D eigenvalue weighted by molar-refractivity contribution is -0.132. The van der Waals surface area contributed by atoms with E-state index in [1.807, 2.05) is 60.4 Å². The largest absolute Gasteiger partial charge is 0.340 e. The average Bonchev–Trinajstić information content (AvgIpc) is 3.30. The van der Waals surface area contributed by atoms with Crippen molar-refractivity contribution in [3.63, 3.8) is 0 Å². The maximum Gasteiger partial charge on any atom is 0.286 e. The normalized spacial score (nSPS) is 14.3. The molecule has 8 heteroatoms. The summed E-state index contributed by atoms with van der Waals surface area (Å²) in [6, 6.07) is 15.9. The fourth-order valence-electron chi connectivity index (χ4n) is 3.76. The van der Waals surface area contributed by atoms with E-state index in [-0.39, 0.29) is 11.8 Å². The van der Waals surface area contributed by atoms with Gasteiger partial charge in [0.25, 0.3) is 5.91 Å². The molecule has 3 aromatic rings. The van der Waals surface area contributed by atoms with Crippen LogP contribution in [-0.2, 0) is 24.2 Å². The van der Waals surface area contributed by atoms with E-state index in [9.17, 15) is 9.59 Å². The van der Waals surface area contributed by atoms with Crippen molar-refractivity contribution in [1.82, 2.24) is 20.0 Å². The summed E-state index contributed by atoms with van der Waals surface area (Å²) in [5.74, 6) is -0.0742. The molecule has 33 heavy (non-hydrogen) atoms. The number of aromatic nitrogens is 2. The van der Waals surface area contributed by atoms with Crippen LogP contribution in [0, 0.1) is 6.92 Å². The Balaban J connectivity index is 1.24. The highest BCUT2D eigenvalue weighted by Crippen LogP contribution is 2.17. The number of hydrogen-bond donors (Lipinski definition) is 1. The van der Waals surface area contributed by atoms with Gasteiger partial charge in [-0.25, -0.2) is 0 Å². The Kier molecular flexibility index (Phi) is 7.47. The molecule has 0 bridgehead atoms. The quantitative estimate of drug-likeness (QED) is 0.580. The molecule has 172 valence electrons. The number of amides is 2. The van der Waals surface area contributed by atoms with Crippen molar-refractivity contribution >= 4 is 28.8 Å². The first-order chi connectivity index (χ1) is 16.0. The summed E-state index contributed by atoms with van der Waals surface area (Å²) in [5.41, 5.74) is 4.22. The maximum atomic E-state index is 12.6. The summed E-state index contributed by atoms with van der Waals surface area (Å²) in [6.45, 7) is 7.74. The minimum atomic E-state index is -0.241. The first-order valence-electron chi connectivity index (χ1n) is 11.3. The number of hydrogen-bond acceptors (Lipinski definition) is 6. The molecule has 1 N–H and O–H groups in total. The second kappa shape index (κ2) is 10.7. The second-order valence-corrected chi connectivity index (χ2v) is 9.39. The predicted octanol–water partition coefficient (Wildman–Crippen LogP) is 3.55. The number of nitrogens with zero attached hydrogens (tertiary/aromatic N) is 4. The third-order valence-corrected chi connectivity index (χ3v) is 6.75. The molecule has 0 aliphatic carbocycles. The predicted molar refractivity (Wildman–Crippen MR) is 130 cm³/mol. The van der Waals surface area contributed by atoms with Crippen LogP contribution in [0.15, 0.2) is 48.5 Å². The van der Waals surface area contributed by atoms with Crippen LogP contribution in [0.5, 0.6) is 0 Å². The molecule has 1 aromatic heterocycles. The molecule has 1 aliphatic heterocycles. The molecule has 4 rings (SSSR count). The maximum absolute atomic E-state index is 12.6. The molecule has 1 saturated heterocycles. The Morgan fingerprint density at radius 1 is 0.939 bits per heavy atom. The van der Waals surface area contributed by atoms with Gasteiger partial charge in [0.1, 0.15) is 5.01 Å². The van der Waals surface area contributed by atoms with Crippen molar-refractivity contribution in [1.29, 1.82) is 0 Å². The zero-order chi connectivity index (χ0) is 23.2. The Hall–Kier alpha value is -3.10. The van der Waals surface area contributed by atoms with E-state index in [1.54, 1.807) is 0 Å². The van der Waals surface area contributed by atoms with Crippen molar-refractivity contribution in [3.05, 3.63) is 75.2 Å². The number of carbonyl (C=O) groups excluding carboxylic acids is 2. The Bertz CT molecular complexity index is 1090. The van der Waals surface area contributed by atoms with Gasteiger partial charge < -0.3 is 10.2 Å². The summed E-state index contributed by atoms with van der Waals surface area (Å²) in [7, 11) is 0. The number of benzene rings is 2. The van der Waals surface area contributed by atoms with Gasteiger partial charge in [0.2, 0.25) is 10.9 Å². The Morgan fingerprint density at radius 3 is 2.27 bits per heavy atom. The zero-order valence-electron chi connectivity index (χ0n) is 19.1. The van der Waals surface area contributed by atoms with Crippen LogP contribution in [0.2, 0.25) is 0 Å². The molecule has 0 radical (unpaired) electrons. The van der Waals surface area contributed by atoms with Gasteiger partial charge in [0.15, 0.2) is 0 Å². The number of carbonyl (C=O) groups is 2. The van der Waals surface area contributed by atoms with Gasteiger partial charge in [-0.3, -0.25) is 14.5 Å². The van der Waals surface area contributed by atoms with Crippen LogP contribution in [0.3, 0.4) is 0 Å². The fourth-order valence-corrected chi connectivity index (χ4v) is 4.53. The summed E-state index contributed by atoms with van der Waals surface area (Å²) < 4.78 is 0. The fraction of sp³-hybridized carbons (Fsp3) is 0.360. The topological polar surface area (TPSA) is 78.4 Å². The molecular weight excluding hydrogens is 434 g/mol. The van der Waals surface area contributed by atoms with E-state index in [1.165, 1.54) is 22.5 Å². The molecule has 2 amide bonds. The number of aryl methyl sites for hydroxylation is 2. The molecule has 7 nitrogen and oxygen atoms in total. The first kappa shape index (κ1) is 23.1. The lowest BCUT2D eigenvalue weighted by atomic mass is 10.1. The lowest BCUT2D eigenvalue weighted by Gasteiger charge is -2.34. The SMILES string of the molecule is CCc1ccc(NC(=O)c2nnc(CN3CCN(C(=O)Cc4ccc(C)cc4)CC3)s2)cc1. The third-order valence-electron chi connectivity index (χ3n) is 5.84. The van der Waals surface area contributed by atoms with Gasteiger partial charge in [0, 0.05) is 31.9 Å². The molecule has 2 aromatic carbocycles. The minimum Gasteiger partial charge on any atom is -0.340 e. The van der Waals surface area contributed by atoms with Crippen molar-refractivity contribution in [2.75, 3.05) is 31.5 Å². The van der Waals surface area contributed by atoms with E-state index in [2.05, 4.69) is 27.3 Å². The molecule has 1 fully saturated rings. The minimum absolute atomic E-state index is 0.167. The van der Waals surface area contributed by atoms with E-state index < -0.39 is 0 Å². The van der Waals surface area contributed by atoms with E-state index in [0.29, 0.717) is 31.1 Å². The van der Waals surface area contributed by atoms with Gasteiger partial charge >= 0.3 is 0 Å². The van der Waals surface area contributed by atoms with Crippen molar-refractivity contribution < 1.29 is 9.59 Å². The van der Waals surface area contributed by atoms with Gasteiger partial charge in [-0.1, -0.05) is 60.2 Å². The molecule has 0 spiro atoms. The highest BCUT2D eigenvalue weighted by molar-refractivity contribution is 7.13. The van der Waals surface area contributed by atoms with E-state index in [0.717, 1.165) is 35.8 Å². The molecule has 0 unspecified atom stereocenters. The van der Waals surface area contributed by atoms with Crippen LogP contribution in [0.4, 0.5) is 5.69 Å². The van der Waals surface area contributed by atoms with Gasteiger partial charge in [0.05, 0.1) is 13.0 Å². The smallest absolute Gasteiger partial charge is 0.286 e. The first-order valence-corrected chi connectivity index (χ1v) is 12.1. The van der Waals surface area contributed by atoms with Crippen LogP contribution < -0.4 is 5.32 Å². The van der Waals surface area contributed by atoms with E-state index >= 15 is 0 Å². The van der Waals surface area contributed by atoms with Crippen LogP contribution in [0.25, 0.3) is 0 Å². The standard InChI is InChI=1S/C25H29N5O2S/c1-3-19-8-10-21(11-9-19)26-24(32)25-28-27-22(33-25)17-29-12-14-30(15-13-29)23(31)16-20-6-4-18(2)5-7-20/h4-11H,3,12-17H2,1-2H3,(H,26,32). The monoisotopic (exact) mass is 463 g/mol. The molecule has 1 aliphatic rings. The number of anilines is 1. The lowest BCUT2D eigenvalue weighted by Crippen LogP contribution is -2.48. The molecule has 0 atom stereocenters. The summed E-state index contributed by atoms with van der Waals surface area (Å²) in [6.07, 6.45) is 1.40. The number of piperazine rings is 1. The van der Waals surface area contributed by atoms with Crippen molar-refractivity contribution in [2.45, 2.75) is 33.2 Å². The average molecular weight is 464 g/mol. The Morgan fingerprint density at radius 2 is 1.61 bits per heavy atom.